The Balaban J connectivity index is 1.24. The fourth-order valence-corrected chi connectivity index (χ4v) is 5.61. The Labute approximate surface area is 197 Å². The highest BCUT2D eigenvalue weighted by Crippen LogP contribution is 2.33. The average Bonchev–Trinajstić information content (AvgIpc) is 3.61. The molecule has 33 heavy (non-hydrogen) atoms. The van der Waals surface area contributed by atoms with Crippen LogP contribution in [0.15, 0.2) is 58.3 Å². The summed E-state index contributed by atoms with van der Waals surface area (Å²) in [4.78, 5) is 45.7. The first-order valence-electron chi connectivity index (χ1n) is 10.6. The number of carbonyl (C=O) groups excluding carboxylic acids is 2. The minimum atomic E-state index is -0.525. The number of thiophene rings is 2. The van der Waals surface area contributed by atoms with Crippen molar-refractivity contribution in [3.63, 3.8) is 0 Å². The highest BCUT2D eigenvalue weighted by atomic mass is 32.1. The van der Waals surface area contributed by atoms with Crippen molar-refractivity contribution < 1.29 is 14.3 Å². The van der Waals surface area contributed by atoms with E-state index in [1.54, 1.807) is 35.6 Å². The molecule has 1 aromatic carbocycles. The van der Waals surface area contributed by atoms with Gasteiger partial charge in [-0.3, -0.25) is 19.0 Å². The maximum absolute atomic E-state index is 13.0. The van der Waals surface area contributed by atoms with E-state index in [0.29, 0.717) is 15.8 Å². The van der Waals surface area contributed by atoms with Gasteiger partial charge in [0.15, 0.2) is 0 Å². The van der Waals surface area contributed by atoms with E-state index < -0.39 is 5.97 Å². The molecular formula is C24H21N3O4S2. The van der Waals surface area contributed by atoms with Crippen molar-refractivity contribution in [2.24, 2.45) is 0 Å². The van der Waals surface area contributed by atoms with Crippen molar-refractivity contribution in [1.82, 2.24) is 14.5 Å². The Morgan fingerprint density at radius 3 is 2.58 bits per heavy atom. The number of hydrogen-bond acceptors (Lipinski definition) is 7. The van der Waals surface area contributed by atoms with E-state index in [2.05, 4.69) is 4.98 Å². The van der Waals surface area contributed by atoms with Crippen LogP contribution in [0, 0.1) is 0 Å². The van der Waals surface area contributed by atoms with Gasteiger partial charge in [-0.05, 0) is 42.0 Å². The second-order valence-corrected chi connectivity index (χ2v) is 9.65. The lowest BCUT2D eigenvalue weighted by Gasteiger charge is -2.15. The first-order chi connectivity index (χ1) is 16.1. The van der Waals surface area contributed by atoms with Gasteiger partial charge in [-0.2, -0.15) is 0 Å². The van der Waals surface area contributed by atoms with Crippen LogP contribution in [-0.2, 0) is 22.7 Å². The van der Waals surface area contributed by atoms with E-state index in [1.807, 2.05) is 27.8 Å². The molecule has 0 saturated carbocycles. The number of hydrogen-bond donors (Lipinski definition) is 0. The van der Waals surface area contributed by atoms with E-state index >= 15 is 0 Å². The predicted octanol–water partition coefficient (Wildman–Crippen LogP) is 4.17. The van der Waals surface area contributed by atoms with Crippen LogP contribution < -0.4 is 5.56 Å². The quantitative estimate of drug-likeness (QED) is 0.388. The third kappa shape index (κ3) is 4.46. The fraction of sp³-hybridized carbons (Fsp3) is 0.250. The molecule has 168 valence electrons. The summed E-state index contributed by atoms with van der Waals surface area (Å²) in [5, 5.41) is 4.40. The van der Waals surface area contributed by atoms with Gasteiger partial charge in [0.25, 0.3) is 11.5 Å². The number of benzene rings is 1. The van der Waals surface area contributed by atoms with E-state index in [4.69, 9.17) is 4.74 Å². The molecule has 0 N–H and O–H groups in total. The molecule has 1 aliphatic rings. The van der Waals surface area contributed by atoms with Gasteiger partial charge in [0.1, 0.15) is 18.0 Å². The van der Waals surface area contributed by atoms with Gasteiger partial charge in [-0.25, -0.2) is 4.98 Å². The highest BCUT2D eigenvalue weighted by molar-refractivity contribution is 7.18. The van der Waals surface area contributed by atoms with Crippen LogP contribution in [0.1, 0.15) is 28.8 Å². The summed E-state index contributed by atoms with van der Waals surface area (Å²) >= 11 is 2.97. The SMILES string of the molecule is O=C(Cn1cnc2scc(-c3cccs3)c2c1=O)OCc1ccc(C(=O)N2CCCC2)cc1. The Morgan fingerprint density at radius 2 is 1.85 bits per heavy atom. The smallest absolute Gasteiger partial charge is 0.326 e. The maximum Gasteiger partial charge on any atom is 0.326 e. The molecule has 0 bridgehead atoms. The standard InChI is InChI=1S/C24H21N3O4S2/c28-20(31-13-16-5-7-17(8-6-16)23(29)26-9-1-2-10-26)12-27-15-25-22-21(24(27)30)18(14-33-22)19-4-3-11-32-19/h3-8,11,14-15H,1-2,9-10,12-13H2. The number of nitrogens with zero attached hydrogens (tertiary/aromatic N) is 3. The lowest BCUT2D eigenvalue weighted by molar-refractivity contribution is -0.145. The van der Waals surface area contributed by atoms with Crippen molar-refractivity contribution >= 4 is 44.8 Å². The zero-order chi connectivity index (χ0) is 22.8. The van der Waals surface area contributed by atoms with E-state index in [-0.39, 0.29) is 24.6 Å². The highest BCUT2D eigenvalue weighted by Gasteiger charge is 2.19. The van der Waals surface area contributed by atoms with Crippen LogP contribution in [0.2, 0.25) is 0 Å². The van der Waals surface area contributed by atoms with Crippen LogP contribution in [0.25, 0.3) is 20.7 Å². The Kier molecular flexibility index (Phi) is 6.06. The van der Waals surface area contributed by atoms with Crippen molar-refractivity contribution in [2.45, 2.75) is 26.0 Å². The number of rotatable bonds is 6. The summed E-state index contributed by atoms with van der Waals surface area (Å²) in [5.74, 6) is -0.489. The van der Waals surface area contributed by atoms with Crippen molar-refractivity contribution in [3.8, 4) is 10.4 Å². The first kappa shape index (κ1) is 21.5. The average molecular weight is 480 g/mol. The summed E-state index contributed by atoms with van der Waals surface area (Å²) in [6, 6.07) is 11.0. The van der Waals surface area contributed by atoms with Gasteiger partial charge in [-0.15, -0.1) is 22.7 Å². The number of aromatic nitrogens is 2. The molecule has 9 heteroatoms. The van der Waals surface area contributed by atoms with E-state index in [9.17, 15) is 14.4 Å². The molecular weight excluding hydrogens is 458 g/mol. The van der Waals surface area contributed by atoms with Gasteiger partial charge in [0, 0.05) is 34.5 Å². The number of amides is 1. The van der Waals surface area contributed by atoms with Crippen molar-refractivity contribution in [3.05, 3.63) is 75.0 Å². The predicted molar refractivity (Wildman–Crippen MR) is 129 cm³/mol. The van der Waals surface area contributed by atoms with Gasteiger partial charge >= 0.3 is 5.97 Å². The zero-order valence-corrected chi connectivity index (χ0v) is 19.4. The first-order valence-corrected chi connectivity index (χ1v) is 12.4. The summed E-state index contributed by atoms with van der Waals surface area (Å²) in [5.41, 5.74) is 2.00. The monoisotopic (exact) mass is 479 g/mol. The minimum Gasteiger partial charge on any atom is -0.459 e. The molecule has 0 radical (unpaired) electrons. The molecule has 0 atom stereocenters. The molecule has 0 aliphatic carbocycles. The van der Waals surface area contributed by atoms with Crippen LogP contribution in [0.5, 0.6) is 0 Å². The lowest BCUT2D eigenvalue weighted by atomic mass is 10.1. The fourth-order valence-electron chi connectivity index (χ4n) is 3.89. The number of fused-ring (bicyclic) bond motifs is 1. The lowest BCUT2D eigenvalue weighted by Crippen LogP contribution is -2.27. The van der Waals surface area contributed by atoms with E-state index in [0.717, 1.165) is 41.9 Å². The van der Waals surface area contributed by atoms with Gasteiger partial charge in [0.05, 0.1) is 11.7 Å². The molecule has 1 saturated heterocycles. The van der Waals surface area contributed by atoms with Crippen LogP contribution in [0.3, 0.4) is 0 Å². The van der Waals surface area contributed by atoms with Gasteiger partial charge in [0.2, 0.25) is 0 Å². The Morgan fingerprint density at radius 1 is 1.06 bits per heavy atom. The second-order valence-electron chi connectivity index (χ2n) is 7.84. The maximum atomic E-state index is 13.0. The molecule has 7 nitrogen and oxygen atoms in total. The number of esters is 1. The Bertz CT molecular complexity index is 1350. The van der Waals surface area contributed by atoms with Crippen LogP contribution in [0.4, 0.5) is 0 Å². The van der Waals surface area contributed by atoms with Crippen LogP contribution in [-0.4, -0.2) is 39.4 Å². The summed E-state index contributed by atoms with van der Waals surface area (Å²) in [6.45, 7) is 1.46. The third-order valence-corrected chi connectivity index (χ3v) is 7.43. The molecule has 0 unspecified atom stereocenters. The number of likely N-dealkylation sites (tertiary alicyclic amines) is 1. The normalized spacial score (nSPS) is 13.5. The number of carbonyl (C=O) groups is 2. The molecule has 4 aromatic rings. The topological polar surface area (TPSA) is 81.5 Å². The Hall–Kier alpha value is -3.30. The number of ether oxygens (including phenoxy) is 1. The molecule has 1 fully saturated rings. The van der Waals surface area contributed by atoms with Crippen molar-refractivity contribution in [2.75, 3.05) is 13.1 Å². The van der Waals surface area contributed by atoms with E-state index in [1.165, 1.54) is 22.2 Å². The molecule has 3 aromatic heterocycles. The molecule has 1 amide bonds. The summed E-state index contributed by atoms with van der Waals surface area (Å²) < 4.78 is 6.65. The second kappa shape index (κ2) is 9.29. The minimum absolute atomic E-state index is 0.0358. The summed E-state index contributed by atoms with van der Waals surface area (Å²) in [6.07, 6.45) is 3.49. The molecule has 0 spiro atoms. The molecule has 4 heterocycles. The van der Waals surface area contributed by atoms with Crippen molar-refractivity contribution in [1.29, 1.82) is 0 Å². The largest absolute Gasteiger partial charge is 0.459 e. The third-order valence-electron chi connectivity index (χ3n) is 5.64. The van der Waals surface area contributed by atoms with Crippen LogP contribution >= 0.6 is 22.7 Å². The van der Waals surface area contributed by atoms with Gasteiger partial charge < -0.3 is 9.64 Å². The summed E-state index contributed by atoms with van der Waals surface area (Å²) in [7, 11) is 0. The molecule has 1 aliphatic heterocycles. The zero-order valence-electron chi connectivity index (χ0n) is 17.7. The van der Waals surface area contributed by atoms with Gasteiger partial charge in [-0.1, -0.05) is 18.2 Å². The molecule has 5 rings (SSSR count).